The Labute approximate surface area is 123 Å². The minimum atomic E-state index is -3.86. The van der Waals surface area contributed by atoms with Crippen LogP contribution in [-0.2, 0) is 19.7 Å². The molecule has 0 radical (unpaired) electrons. The van der Waals surface area contributed by atoms with Crippen molar-refractivity contribution >= 4 is 25.6 Å². The third-order valence-corrected chi connectivity index (χ3v) is 8.10. The summed E-state index contributed by atoms with van der Waals surface area (Å²) in [5.74, 6) is -1.76. The summed E-state index contributed by atoms with van der Waals surface area (Å²) >= 11 is 0. The molecule has 0 amide bonds. The summed E-state index contributed by atoms with van der Waals surface area (Å²) in [5, 5.41) is 8.05. The fourth-order valence-corrected chi connectivity index (χ4v) is 7.13. The highest BCUT2D eigenvalue weighted by Gasteiger charge is 2.39. The number of benzene rings is 1. The van der Waals surface area contributed by atoms with Crippen molar-refractivity contribution in [2.24, 2.45) is 0 Å². The van der Waals surface area contributed by atoms with Crippen molar-refractivity contribution < 1.29 is 26.7 Å². The summed E-state index contributed by atoms with van der Waals surface area (Å²) in [4.78, 5) is 11.0. The van der Waals surface area contributed by atoms with E-state index in [2.05, 4.69) is 0 Å². The van der Waals surface area contributed by atoms with Gasteiger partial charge in [0.1, 0.15) is 0 Å². The SMILES string of the molecule is Cc1cc(C(=O)O)cc(S(=O)(=O)C2CCS(=O)(=O)C2)c1C. The van der Waals surface area contributed by atoms with E-state index >= 15 is 0 Å². The second-order valence-electron chi connectivity index (χ2n) is 5.29. The third kappa shape index (κ3) is 2.96. The maximum absolute atomic E-state index is 12.6. The number of carboxylic acids is 1. The van der Waals surface area contributed by atoms with Crippen molar-refractivity contribution in [1.82, 2.24) is 0 Å². The molecule has 1 unspecified atom stereocenters. The van der Waals surface area contributed by atoms with Gasteiger partial charge in [-0.3, -0.25) is 0 Å². The van der Waals surface area contributed by atoms with Crippen molar-refractivity contribution in [2.45, 2.75) is 30.4 Å². The Morgan fingerprint density at radius 1 is 1.29 bits per heavy atom. The summed E-state index contributed by atoms with van der Waals surface area (Å²) in [5.41, 5.74) is 0.899. The molecule has 1 atom stereocenters. The Hall–Kier alpha value is -1.41. The molecule has 0 saturated carbocycles. The zero-order chi connectivity index (χ0) is 16.0. The maximum atomic E-state index is 12.6. The number of hydrogen-bond acceptors (Lipinski definition) is 5. The lowest BCUT2D eigenvalue weighted by Gasteiger charge is -2.15. The highest BCUT2D eigenvalue weighted by Crippen LogP contribution is 2.29. The smallest absolute Gasteiger partial charge is 0.335 e. The van der Waals surface area contributed by atoms with Gasteiger partial charge in [0, 0.05) is 0 Å². The van der Waals surface area contributed by atoms with Gasteiger partial charge < -0.3 is 5.11 Å². The van der Waals surface area contributed by atoms with E-state index in [1.165, 1.54) is 6.07 Å². The van der Waals surface area contributed by atoms with Crippen LogP contribution >= 0.6 is 0 Å². The van der Waals surface area contributed by atoms with Crippen molar-refractivity contribution in [3.63, 3.8) is 0 Å². The average molecular weight is 332 g/mol. The Kier molecular flexibility index (Phi) is 3.88. The van der Waals surface area contributed by atoms with Gasteiger partial charge in [0.15, 0.2) is 19.7 Å². The van der Waals surface area contributed by atoms with Crippen LogP contribution in [0.15, 0.2) is 17.0 Å². The Morgan fingerprint density at radius 2 is 1.90 bits per heavy atom. The van der Waals surface area contributed by atoms with Gasteiger partial charge >= 0.3 is 5.97 Å². The molecule has 21 heavy (non-hydrogen) atoms. The van der Waals surface area contributed by atoms with Gasteiger partial charge in [0.05, 0.1) is 27.2 Å². The number of rotatable bonds is 3. The topological polar surface area (TPSA) is 106 Å². The van der Waals surface area contributed by atoms with Gasteiger partial charge in [-0.05, 0) is 43.5 Å². The van der Waals surface area contributed by atoms with E-state index in [0.29, 0.717) is 11.1 Å². The van der Waals surface area contributed by atoms with Gasteiger partial charge in [-0.15, -0.1) is 0 Å². The van der Waals surface area contributed by atoms with Crippen LogP contribution in [0.2, 0.25) is 0 Å². The molecular formula is C13H16O6S2. The monoisotopic (exact) mass is 332 g/mol. The van der Waals surface area contributed by atoms with Crippen LogP contribution in [-0.4, -0.2) is 44.7 Å². The summed E-state index contributed by atoms with van der Waals surface area (Å²) in [6.07, 6.45) is 0.0560. The number of hydrogen-bond donors (Lipinski definition) is 1. The second-order valence-corrected chi connectivity index (χ2v) is 9.72. The molecular weight excluding hydrogens is 316 g/mol. The molecule has 0 aromatic heterocycles. The molecule has 0 spiro atoms. The van der Waals surface area contributed by atoms with E-state index in [0.717, 1.165) is 6.07 Å². The van der Waals surface area contributed by atoms with Crippen molar-refractivity contribution in [1.29, 1.82) is 0 Å². The maximum Gasteiger partial charge on any atom is 0.335 e. The summed E-state index contributed by atoms with van der Waals surface area (Å²) in [7, 11) is -7.19. The molecule has 1 aromatic carbocycles. The molecule has 116 valence electrons. The normalized spacial score (nSPS) is 21.3. The zero-order valence-corrected chi connectivity index (χ0v) is 13.3. The predicted molar refractivity (Wildman–Crippen MR) is 77.1 cm³/mol. The minimum absolute atomic E-state index is 0.0560. The molecule has 1 aliphatic rings. The highest BCUT2D eigenvalue weighted by molar-refractivity contribution is 7.96. The van der Waals surface area contributed by atoms with Crippen LogP contribution in [0.5, 0.6) is 0 Å². The Balaban J connectivity index is 2.58. The lowest BCUT2D eigenvalue weighted by Crippen LogP contribution is -2.24. The van der Waals surface area contributed by atoms with Crippen molar-refractivity contribution in [2.75, 3.05) is 11.5 Å². The molecule has 1 aliphatic heterocycles. The molecule has 6 nitrogen and oxygen atoms in total. The van der Waals surface area contributed by atoms with E-state index in [4.69, 9.17) is 5.11 Å². The van der Waals surface area contributed by atoms with Crippen LogP contribution < -0.4 is 0 Å². The number of aryl methyl sites for hydroxylation is 1. The predicted octanol–water partition coefficient (Wildman–Crippen LogP) is 0.962. The standard InChI is InChI=1S/C13H16O6S2/c1-8-5-10(13(14)15)6-12(9(8)2)21(18,19)11-3-4-20(16,17)7-11/h5-6,11H,3-4,7H2,1-2H3,(H,14,15). The van der Waals surface area contributed by atoms with Crippen LogP contribution in [0.4, 0.5) is 0 Å². The summed E-state index contributed by atoms with van der Waals surface area (Å²) < 4.78 is 48.2. The molecule has 0 aliphatic carbocycles. The number of carbonyl (C=O) groups is 1. The van der Waals surface area contributed by atoms with Crippen LogP contribution in [0.1, 0.15) is 27.9 Å². The quantitative estimate of drug-likeness (QED) is 0.884. The summed E-state index contributed by atoms with van der Waals surface area (Å²) in [6.45, 7) is 3.23. The number of aromatic carboxylic acids is 1. The summed E-state index contributed by atoms with van der Waals surface area (Å²) in [6, 6.07) is 2.52. The second kappa shape index (κ2) is 5.10. The van der Waals surface area contributed by atoms with Crippen LogP contribution in [0, 0.1) is 13.8 Å². The third-order valence-electron chi connectivity index (χ3n) is 3.80. The molecule has 0 bridgehead atoms. The largest absolute Gasteiger partial charge is 0.478 e. The van der Waals surface area contributed by atoms with E-state index in [1.807, 2.05) is 0 Å². The van der Waals surface area contributed by atoms with E-state index in [-0.39, 0.29) is 22.6 Å². The fraction of sp³-hybridized carbons (Fsp3) is 0.462. The van der Waals surface area contributed by atoms with Crippen LogP contribution in [0.3, 0.4) is 0 Å². The van der Waals surface area contributed by atoms with Crippen molar-refractivity contribution in [3.05, 3.63) is 28.8 Å². The molecule has 1 fully saturated rings. The number of carboxylic acid groups (broad SMARTS) is 1. The lowest BCUT2D eigenvalue weighted by molar-refractivity contribution is 0.0696. The van der Waals surface area contributed by atoms with Gasteiger partial charge in [-0.25, -0.2) is 21.6 Å². The first-order chi connectivity index (χ1) is 9.54. The van der Waals surface area contributed by atoms with Gasteiger partial charge in [0.2, 0.25) is 0 Å². The van der Waals surface area contributed by atoms with Gasteiger partial charge in [-0.1, -0.05) is 0 Å². The van der Waals surface area contributed by atoms with E-state index < -0.39 is 36.6 Å². The molecule has 1 heterocycles. The first kappa shape index (κ1) is 16.0. The van der Waals surface area contributed by atoms with E-state index in [9.17, 15) is 21.6 Å². The van der Waals surface area contributed by atoms with Gasteiger partial charge in [-0.2, -0.15) is 0 Å². The Morgan fingerprint density at radius 3 is 2.38 bits per heavy atom. The number of sulfone groups is 2. The van der Waals surface area contributed by atoms with E-state index in [1.54, 1.807) is 13.8 Å². The fourth-order valence-electron chi connectivity index (χ4n) is 2.43. The molecule has 2 rings (SSSR count). The lowest BCUT2D eigenvalue weighted by atomic mass is 10.1. The highest BCUT2D eigenvalue weighted by atomic mass is 32.2. The first-order valence-electron chi connectivity index (χ1n) is 6.33. The molecule has 1 N–H and O–H groups in total. The average Bonchev–Trinajstić information content (AvgIpc) is 2.73. The molecule has 8 heteroatoms. The van der Waals surface area contributed by atoms with Gasteiger partial charge in [0.25, 0.3) is 0 Å². The minimum Gasteiger partial charge on any atom is -0.478 e. The molecule has 1 aromatic rings. The van der Waals surface area contributed by atoms with Crippen LogP contribution in [0.25, 0.3) is 0 Å². The van der Waals surface area contributed by atoms with Crippen molar-refractivity contribution in [3.8, 4) is 0 Å². The zero-order valence-electron chi connectivity index (χ0n) is 11.7. The molecule has 1 saturated heterocycles. The Bertz CT molecular complexity index is 805. The first-order valence-corrected chi connectivity index (χ1v) is 9.70.